The highest BCUT2D eigenvalue weighted by Gasteiger charge is 2.51. The van der Waals surface area contributed by atoms with E-state index in [1.54, 1.807) is 6.92 Å². The van der Waals surface area contributed by atoms with Crippen molar-refractivity contribution in [3.05, 3.63) is 12.2 Å². The Kier molecular flexibility index (Phi) is 5.65. The molecule has 0 unspecified atom stereocenters. The quantitative estimate of drug-likeness (QED) is 0.510. The summed E-state index contributed by atoms with van der Waals surface area (Å²) in [5, 5.41) is 0. The maximum atomic E-state index is 13.0. The molecule has 4 nitrogen and oxygen atoms in total. The Labute approximate surface area is 133 Å². The molecule has 2 saturated carbocycles. The number of fused-ring (bicyclic) bond motifs is 2. The lowest BCUT2D eigenvalue weighted by atomic mass is 9.82. The van der Waals surface area contributed by atoms with E-state index in [4.69, 9.17) is 4.74 Å². The number of ether oxygens (including phenoxy) is 1. The van der Waals surface area contributed by atoms with E-state index in [2.05, 4.69) is 13.5 Å². The van der Waals surface area contributed by atoms with E-state index >= 15 is 0 Å². The molecule has 0 aliphatic heterocycles. The van der Waals surface area contributed by atoms with Gasteiger partial charge in [0.25, 0.3) is 0 Å². The van der Waals surface area contributed by atoms with Crippen molar-refractivity contribution in [3.63, 3.8) is 0 Å². The normalized spacial score (nSPS) is 26.0. The maximum absolute atomic E-state index is 13.0. The first-order valence-electron chi connectivity index (χ1n) is 8.60. The maximum Gasteiger partial charge on any atom is 0.333 e. The van der Waals surface area contributed by atoms with Crippen molar-refractivity contribution in [2.45, 2.75) is 58.8 Å². The van der Waals surface area contributed by atoms with Gasteiger partial charge in [0, 0.05) is 17.5 Å². The molecule has 2 rings (SSSR count). The molecule has 124 valence electrons. The summed E-state index contributed by atoms with van der Waals surface area (Å²) in [7, 11) is 0. The van der Waals surface area contributed by atoms with Gasteiger partial charge in [0.1, 0.15) is 6.61 Å². The SMILES string of the molecule is C=C(C)C(=O)OCCN(CCCC)C(=O)C12CCC(CC1)C2. The molecule has 0 atom stereocenters. The van der Waals surface area contributed by atoms with Crippen LogP contribution in [0.25, 0.3) is 0 Å². The van der Waals surface area contributed by atoms with E-state index in [0.717, 1.165) is 44.6 Å². The van der Waals surface area contributed by atoms with Crippen molar-refractivity contribution in [1.29, 1.82) is 0 Å². The Morgan fingerprint density at radius 1 is 1.27 bits per heavy atom. The highest BCUT2D eigenvalue weighted by Crippen LogP contribution is 2.54. The zero-order valence-electron chi connectivity index (χ0n) is 14.0. The second-order valence-electron chi connectivity index (χ2n) is 6.99. The number of rotatable bonds is 8. The van der Waals surface area contributed by atoms with E-state index in [1.165, 1.54) is 12.8 Å². The van der Waals surface area contributed by atoms with E-state index in [0.29, 0.717) is 18.0 Å². The third kappa shape index (κ3) is 3.71. The van der Waals surface area contributed by atoms with Gasteiger partial charge in [-0.05, 0) is 51.4 Å². The topological polar surface area (TPSA) is 46.6 Å². The molecule has 2 aliphatic carbocycles. The molecule has 4 heteroatoms. The molecule has 0 aromatic heterocycles. The second kappa shape index (κ2) is 7.30. The molecule has 0 aromatic rings. The smallest absolute Gasteiger partial charge is 0.333 e. The number of carbonyl (C=O) groups is 2. The molecule has 1 amide bonds. The van der Waals surface area contributed by atoms with Gasteiger partial charge in [-0.3, -0.25) is 4.79 Å². The van der Waals surface area contributed by atoms with Crippen molar-refractivity contribution in [3.8, 4) is 0 Å². The van der Waals surface area contributed by atoms with Gasteiger partial charge in [0.05, 0.1) is 6.54 Å². The van der Waals surface area contributed by atoms with Crippen LogP contribution in [0.2, 0.25) is 0 Å². The van der Waals surface area contributed by atoms with Crippen LogP contribution in [0.1, 0.15) is 58.8 Å². The molecule has 0 heterocycles. The minimum Gasteiger partial charge on any atom is -0.460 e. The summed E-state index contributed by atoms with van der Waals surface area (Å²) in [4.78, 5) is 26.4. The highest BCUT2D eigenvalue weighted by molar-refractivity contribution is 5.87. The van der Waals surface area contributed by atoms with Gasteiger partial charge in [-0.15, -0.1) is 0 Å². The summed E-state index contributed by atoms with van der Waals surface area (Å²) < 4.78 is 5.17. The van der Waals surface area contributed by atoms with Crippen LogP contribution in [-0.2, 0) is 14.3 Å². The van der Waals surface area contributed by atoms with Gasteiger partial charge in [-0.25, -0.2) is 4.79 Å². The van der Waals surface area contributed by atoms with Gasteiger partial charge in [0.15, 0.2) is 0 Å². The largest absolute Gasteiger partial charge is 0.460 e. The van der Waals surface area contributed by atoms with Gasteiger partial charge in [-0.2, -0.15) is 0 Å². The summed E-state index contributed by atoms with van der Waals surface area (Å²) in [5.41, 5.74) is 0.302. The van der Waals surface area contributed by atoms with Gasteiger partial charge in [-0.1, -0.05) is 19.9 Å². The molecular formula is C18H29NO3. The van der Waals surface area contributed by atoms with Crippen molar-refractivity contribution < 1.29 is 14.3 Å². The van der Waals surface area contributed by atoms with Crippen molar-refractivity contribution in [2.75, 3.05) is 19.7 Å². The fourth-order valence-electron chi connectivity index (χ4n) is 3.86. The summed E-state index contributed by atoms with van der Waals surface area (Å²) >= 11 is 0. The Balaban J connectivity index is 1.92. The van der Waals surface area contributed by atoms with E-state index in [9.17, 15) is 9.59 Å². The molecule has 22 heavy (non-hydrogen) atoms. The molecule has 2 bridgehead atoms. The Bertz CT molecular complexity index is 436. The first-order chi connectivity index (χ1) is 10.5. The molecule has 0 radical (unpaired) electrons. The van der Waals surface area contributed by atoms with Crippen LogP contribution in [0.3, 0.4) is 0 Å². The predicted octanol–water partition coefficient (Wildman–Crippen LogP) is 3.31. The number of amides is 1. The van der Waals surface area contributed by atoms with E-state index in [-0.39, 0.29) is 18.0 Å². The Morgan fingerprint density at radius 2 is 1.95 bits per heavy atom. The summed E-state index contributed by atoms with van der Waals surface area (Å²) in [6.07, 6.45) is 7.63. The number of carbonyl (C=O) groups excluding carboxylic acids is 2. The van der Waals surface area contributed by atoms with Crippen molar-refractivity contribution in [2.24, 2.45) is 11.3 Å². The zero-order valence-corrected chi connectivity index (χ0v) is 14.0. The predicted molar refractivity (Wildman–Crippen MR) is 86.3 cm³/mol. The lowest BCUT2D eigenvalue weighted by Crippen LogP contribution is -2.44. The molecule has 0 aromatic carbocycles. The minimum absolute atomic E-state index is 0.100. The summed E-state index contributed by atoms with van der Waals surface area (Å²) in [5.74, 6) is 0.688. The third-order valence-corrected chi connectivity index (χ3v) is 5.21. The number of hydrogen-bond donors (Lipinski definition) is 0. The lowest BCUT2D eigenvalue weighted by molar-refractivity contribution is -0.146. The molecule has 0 saturated heterocycles. The lowest BCUT2D eigenvalue weighted by Gasteiger charge is -2.33. The van der Waals surface area contributed by atoms with Crippen LogP contribution >= 0.6 is 0 Å². The Hall–Kier alpha value is -1.32. The fourth-order valence-corrected chi connectivity index (χ4v) is 3.86. The second-order valence-corrected chi connectivity index (χ2v) is 6.99. The van der Waals surface area contributed by atoms with Crippen molar-refractivity contribution in [1.82, 2.24) is 4.90 Å². The fraction of sp³-hybridized carbons (Fsp3) is 0.778. The molecule has 2 fully saturated rings. The Morgan fingerprint density at radius 3 is 2.45 bits per heavy atom. The van der Waals surface area contributed by atoms with E-state index < -0.39 is 0 Å². The van der Waals surface area contributed by atoms with E-state index in [1.807, 2.05) is 4.90 Å². The third-order valence-electron chi connectivity index (χ3n) is 5.21. The zero-order chi connectivity index (χ0) is 16.2. The summed E-state index contributed by atoms with van der Waals surface area (Å²) in [6.45, 7) is 8.88. The first-order valence-corrected chi connectivity index (χ1v) is 8.60. The standard InChI is InChI=1S/C18H29NO3/c1-4-5-10-19(11-12-22-16(20)14(2)3)17(21)18-8-6-15(13-18)7-9-18/h15H,2,4-13H2,1,3H3. The summed E-state index contributed by atoms with van der Waals surface area (Å²) in [6, 6.07) is 0. The molecule has 2 aliphatic rings. The van der Waals surface area contributed by atoms with Crippen LogP contribution in [0.5, 0.6) is 0 Å². The number of nitrogens with zero attached hydrogens (tertiary/aromatic N) is 1. The van der Waals surface area contributed by atoms with Gasteiger partial charge < -0.3 is 9.64 Å². The molecule has 0 N–H and O–H groups in total. The number of unbranched alkanes of at least 4 members (excludes halogenated alkanes) is 1. The number of hydrogen-bond acceptors (Lipinski definition) is 3. The van der Waals surface area contributed by atoms with Crippen LogP contribution < -0.4 is 0 Å². The monoisotopic (exact) mass is 307 g/mol. The van der Waals surface area contributed by atoms with Crippen LogP contribution in [0.4, 0.5) is 0 Å². The average Bonchev–Trinajstić information content (AvgIpc) is 3.11. The van der Waals surface area contributed by atoms with Crippen molar-refractivity contribution >= 4 is 11.9 Å². The highest BCUT2D eigenvalue weighted by atomic mass is 16.5. The van der Waals surface area contributed by atoms with Gasteiger partial charge >= 0.3 is 5.97 Å². The molecular weight excluding hydrogens is 278 g/mol. The van der Waals surface area contributed by atoms with Gasteiger partial charge in [0.2, 0.25) is 5.91 Å². The first kappa shape index (κ1) is 17.0. The number of esters is 1. The van der Waals surface area contributed by atoms with Crippen LogP contribution in [-0.4, -0.2) is 36.5 Å². The minimum atomic E-state index is -0.372. The average molecular weight is 307 g/mol. The van der Waals surface area contributed by atoms with Crippen LogP contribution in [0, 0.1) is 11.3 Å². The molecule has 0 spiro atoms. The van der Waals surface area contributed by atoms with Crippen LogP contribution in [0.15, 0.2) is 12.2 Å².